The van der Waals surface area contributed by atoms with E-state index in [-0.39, 0.29) is 17.6 Å². The van der Waals surface area contributed by atoms with Crippen molar-refractivity contribution in [3.8, 4) is 5.75 Å². The predicted molar refractivity (Wildman–Crippen MR) is 73.6 cm³/mol. The Balaban J connectivity index is 2.85. The number of nitrogens with two attached hydrogens (primary N) is 1. The van der Waals surface area contributed by atoms with Crippen LogP contribution in [-0.2, 0) is 4.79 Å². The molecule has 0 heterocycles. The zero-order valence-electron chi connectivity index (χ0n) is 11.4. The number of aromatic hydroxyl groups is 1. The number of nitrogens with one attached hydrogen (secondary N) is 1. The Kier molecular flexibility index (Phi) is 4.73. The third kappa shape index (κ3) is 3.23. The molecule has 0 spiro atoms. The molecule has 0 aliphatic heterocycles. The standard InChI is InChI=1S/C14H22N2O2/c1-5-8(2)13(15)14(18)16-11-6-10(4)12(17)7-9(11)3/h6-8,13,17H,5,15H2,1-4H3,(H,16,18). The van der Waals surface area contributed by atoms with Crippen LogP contribution < -0.4 is 11.1 Å². The highest BCUT2D eigenvalue weighted by Crippen LogP contribution is 2.25. The normalized spacial score (nSPS) is 14.1. The van der Waals surface area contributed by atoms with Crippen molar-refractivity contribution in [3.05, 3.63) is 23.3 Å². The third-order valence-electron chi connectivity index (χ3n) is 3.36. The van der Waals surface area contributed by atoms with Crippen LogP contribution in [0.15, 0.2) is 12.1 Å². The number of phenolic OH excluding ortho intramolecular Hbond substituents is 1. The van der Waals surface area contributed by atoms with E-state index < -0.39 is 6.04 Å². The predicted octanol–water partition coefficient (Wildman–Crippen LogP) is 2.32. The maximum atomic E-state index is 12.0. The summed E-state index contributed by atoms with van der Waals surface area (Å²) in [7, 11) is 0. The number of carbonyl (C=O) groups excluding carboxylic acids is 1. The molecule has 0 aromatic heterocycles. The van der Waals surface area contributed by atoms with Crippen LogP contribution in [0.1, 0.15) is 31.4 Å². The lowest BCUT2D eigenvalue weighted by atomic mass is 9.99. The van der Waals surface area contributed by atoms with E-state index in [2.05, 4.69) is 5.32 Å². The minimum Gasteiger partial charge on any atom is -0.508 e. The van der Waals surface area contributed by atoms with Gasteiger partial charge in [0.2, 0.25) is 5.91 Å². The summed E-state index contributed by atoms with van der Waals surface area (Å²) in [6.45, 7) is 7.59. The Morgan fingerprint density at radius 3 is 2.56 bits per heavy atom. The molecular weight excluding hydrogens is 228 g/mol. The summed E-state index contributed by atoms with van der Waals surface area (Å²) in [5.41, 5.74) is 8.13. The second kappa shape index (κ2) is 5.87. The highest BCUT2D eigenvalue weighted by Gasteiger charge is 2.20. The second-order valence-electron chi connectivity index (χ2n) is 4.85. The molecule has 0 radical (unpaired) electrons. The lowest BCUT2D eigenvalue weighted by molar-refractivity contribution is -0.118. The van der Waals surface area contributed by atoms with E-state index in [0.717, 1.165) is 17.5 Å². The molecule has 1 amide bonds. The maximum Gasteiger partial charge on any atom is 0.241 e. The lowest BCUT2D eigenvalue weighted by Gasteiger charge is -2.19. The fraction of sp³-hybridized carbons (Fsp3) is 0.500. The molecule has 0 saturated heterocycles. The number of rotatable bonds is 4. The molecule has 4 N–H and O–H groups in total. The first-order valence-corrected chi connectivity index (χ1v) is 6.23. The summed E-state index contributed by atoms with van der Waals surface area (Å²) in [5.74, 6) is 0.192. The molecule has 0 fully saturated rings. The van der Waals surface area contributed by atoms with Crippen LogP contribution in [0.25, 0.3) is 0 Å². The van der Waals surface area contributed by atoms with E-state index >= 15 is 0 Å². The largest absolute Gasteiger partial charge is 0.508 e. The van der Waals surface area contributed by atoms with Gasteiger partial charge in [0.15, 0.2) is 0 Å². The molecule has 2 atom stereocenters. The summed E-state index contributed by atoms with van der Waals surface area (Å²) >= 11 is 0. The smallest absolute Gasteiger partial charge is 0.241 e. The SMILES string of the molecule is CCC(C)C(N)C(=O)Nc1cc(C)c(O)cc1C. The van der Waals surface area contributed by atoms with Crippen molar-refractivity contribution < 1.29 is 9.90 Å². The first-order valence-electron chi connectivity index (χ1n) is 6.23. The van der Waals surface area contributed by atoms with Gasteiger partial charge in [0, 0.05) is 5.69 Å². The molecule has 0 saturated carbocycles. The average Bonchev–Trinajstić information content (AvgIpc) is 2.33. The van der Waals surface area contributed by atoms with Crippen molar-refractivity contribution in [1.82, 2.24) is 0 Å². The fourth-order valence-electron chi connectivity index (χ4n) is 1.66. The van der Waals surface area contributed by atoms with Crippen molar-refractivity contribution >= 4 is 11.6 Å². The molecule has 4 nitrogen and oxygen atoms in total. The summed E-state index contributed by atoms with van der Waals surface area (Å²) in [4.78, 5) is 12.0. The molecule has 1 rings (SSSR count). The van der Waals surface area contributed by atoms with E-state index in [4.69, 9.17) is 5.73 Å². The molecule has 2 unspecified atom stereocenters. The molecule has 1 aromatic carbocycles. The van der Waals surface area contributed by atoms with Crippen LogP contribution >= 0.6 is 0 Å². The highest BCUT2D eigenvalue weighted by atomic mass is 16.3. The van der Waals surface area contributed by atoms with E-state index in [0.29, 0.717) is 5.69 Å². The summed E-state index contributed by atoms with van der Waals surface area (Å²) < 4.78 is 0. The summed E-state index contributed by atoms with van der Waals surface area (Å²) in [6.07, 6.45) is 0.863. The zero-order valence-corrected chi connectivity index (χ0v) is 11.4. The topological polar surface area (TPSA) is 75.4 Å². The summed E-state index contributed by atoms with van der Waals surface area (Å²) in [5, 5.41) is 12.4. The Labute approximate surface area is 108 Å². The number of carbonyl (C=O) groups is 1. The van der Waals surface area contributed by atoms with Crippen molar-refractivity contribution in [2.75, 3.05) is 5.32 Å². The molecule has 1 aromatic rings. The quantitative estimate of drug-likeness (QED) is 0.718. The molecule has 0 bridgehead atoms. The zero-order chi connectivity index (χ0) is 13.9. The van der Waals surface area contributed by atoms with Gasteiger partial charge in [-0.25, -0.2) is 0 Å². The van der Waals surface area contributed by atoms with Crippen LogP contribution in [0.2, 0.25) is 0 Å². The highest BCUT2D eigenvalue weighted by molar-refractivity contribution is 5.95. The lowest BCUT2D eigenvalue weighted by Crippen LogP contribution is -2.40. The van der Waals surface area contributed by atoms with E-state index in [1.165, 1.54) is 0 Å². The Morgan fingerprint density at radius 2 is 2.00 bits per heavy atom. The second-order valence-corrected chi connectivity index (χ2v) is 4.85. The number of hydrogen-bond acceptors (Lipinski definition) is 3. The van der Waals surface area contributed by atoms with Crippen LogP contribution in [-0.4, -0.2) is 17.1 Å². The van der Waals surface area contributed by atoms with Crippen LogP contribution in [0.5, 0.6) is 5.75 Å². The number of phenols is 1. The van der Waals surface area contributed by atoms with Gasteiger partial charge in [-0.15, -0.1) is 0 Å². The molecular formula is C14H22N2O2. The van der Waals surface area contributed by atoms with Crippen LogP contribution in [0.3, 0.4) is 0 Å². The Hall–Kier alpha value is -1.55. The van der Waals surface area contributed by atoms with Gasteiger partial charge in [0.25, 0.3) is 0 Å². The van der Waals surface area contributed by atoms with Crippen LogP contribution in [0, 0.1) is 19.8 Å². The van der Waals surface area contributed by atoms with E-state index in [9.17, 15) is 9.90 Å². The fourth-order valence-corrected chi connectivity index (χ4v) is 1.66. The first kappa shape index (κ1) is 14.5. The van der Waals surface area contributed by atoms with E-state index in [1.807, 2.05) is 20.8 Å². The Bertz CT molecular complexity index is 444. The van der Waals surface area contributed by atoms with Crippen molar-refractivity contribution in [2.45, 2.75) is 40.2 Å². The summed E-state index contributed by atoms with van der Waals surface area (Å²) in [6, 6.07) is 2.88. The van der Waals surface area contributed by atoms with Gasteiger partial charge in [-0.3, -0.25) is 4.79 Å². The van der Waals surface area contributed by atoms with E-state index in [1.54, 1.807) is 19.1 Å². The van der Waals surface area contributed by atoms with Crippen molar-refractivity contribution in [1.29, 1.82) is 0 Å². The third-order valence-corrected chi connectivity index (χ3v) is 3.36. The number of hydrogen-bond donors (Lipinski definition) is 3. The molecule has 18 heavy (non-hydrogen) atoms. The van der Waals surface area contributed by atoms with Crippen molar-refractivity contribution in [3.63, 3.8) is 0 Å². The van der Waals surface area contributed by atoms with Gasteiger partial charge in [-0.1, -0.05) is 20.3 Å². The number of amides is 1. The van der Waals surface area contributed by atoms with Gasteiger partial charge < -0.3 is 16.2 Å². The number of aryl methyl sites for hydroxylation is 2. The Morgan fingerprint density at radius 1 is 1.39 bits per heavy atom. The average molecular weight is 250 g/mol. The van der Waals surface area contributed by atoms with Gasteiger partial charge in [0.05, 0.1) is 6.04 Å². The molecule has 100 valence electrons. The molecule has 0 aliphatic rings. The first-order chi connectivity index (χ1) is 8.36. The van der Waals surface area contributed by atoms with Gasteiger partial charge in [-0.2, -0.15) is 0 Å². The monoisotopic (exact) mass is 250 g/mol. The minimum atomic E-state index is -0.511. The van der Waals surface area contributed by atoms with Gasteiger partial charge >= 0.3 is 0 Å². The van der Waals surface area contributed by atoms with Gasteiger partial charge in [-0.05, 0) is 43.0 Å². The maximum absolute atomic E-state index is 12.0. The van der Waals surface area contributed by atoms with Gasteiger partial charge in [0.1, 0.15) is 5.75 Å². The number of anilines is 1. The van der Waals surface area contributed by atoms with Crippen molar-refractivity contribution in [2.24, 2.45) is 11.7 Å². The molecule has 4 heteroatoms. The van der Waals surface area contributed by atoms with Crippen LogP contribution in [0.4, 0.5) is 5.69 Å². The molecule has 0 aliphatic carbocycles. The minimum absolute atomic E-state index is 0.142. The number of benzene rings is 1.